The lowest BCUT2D eigenvalue weighted by Gasteiger charge is -2.63. The van der Waals surface area contributed by atoms with Crippen LogP contribution in [-0.4, -0.2) is 35.3 Å². The number of fused-ring (bicyclic) bond motifs is 1. The first-order valence-corrected chi connectivity index (χ1v) is 14.6. The Kier molecular flexibility index (Phi) is 6.24. The van der Waals surface area contributed by atoms with Gasteiger partial charge in [-0.15, -0.1) is 0 Å². The predicted molar refractivity (Wildman–Crippen MR) is 153 cm³/mol. The number of ether oxygens (including phenoxy) is 1. The number of carbonyl (C=O) groups is 3. The molecule has 8 rings (SSSR count). The standard InChI is InChI=1S/C34H31F3N2O4/c1-43-31(42)32-14-20-12-21(15-32)17-33(16-20,19-32)39-18-25-3-2-24(13-28(25)30(39)41)22-6-10-27(11-7-22)38-29(40)23-4-8-26(9-5-23)34(35,36)37/h2-11,13,20-21H,12,14-19H2,1H3,(H,38,40)/t20-,21+,32?,33?. The molecule has 0 radical (unpaired) electrons. The molecule has 4 atom stereocenters. The first-order valence-electron chi connectivity index (χ1n) is 14.6. The molecule has 43 heavy (non-hydrogen) atoms. The third kappa shape index (κ3) is 4.60. The van der Waals surface area contributed by atoms with Gasteiger partial charge in [0.2, 0.25) is 0 Å². The van der Waals surface area contributed by atoms with Crippen molar-refractivity contribution in [2.45, 2.75) is 56.8 Å². The molecule has 0 spiro atoms. The molecule has 4 aliphatic carbocycles. The maximum absolute atomic E-state index is 13.9. The van der Waals surface area contributed by atoms with Gasteiger partial charge >= 0.3 is 12.1 Å². The number of nitrogens with one attached hydrogen (secondary N) is 1. The number of hydrogen-bond donors (Lipinski definition) is 1. The third-order valence-corrected chi connectivity index (χ3v) is 10.1. The van der Waals surface area contributed by atoms with E-state index in [2.05, 4.69) is 5.32 Å². The van der Waals surface area contributed by atoms with Crippen molar-refractivity contribution < 1.29 is 32.3 Å². The first kappa shape index (κ1) is 27.7. The molecule has 1 N–H and O–H groups in total. The van der Waals surface area contributed by atoms with Gasteiger partial charge in [0.25, 0.3) is 11.8 Å². The van der Waals surface area contributed by atoms with E-state index < -0.39 is 23.1 Å². The Morgan fingerprint density at radius 3 is 2.19 bits per heavy atom. The van der Waals surface area contributed by atoms with Gasteiger partial charge in [0, 0.05) is 28.9 Å². The summed E-state index contributed by atoms with van der Waals surface area (Å²) in [5.74, 6) is 0.246. The maximum Gasteiger partial charge on any atom is 0.416 e. The summed E-state index contributed by atoms with van der Waals surface area (Å²) in [5, 5.41) is 2.71. The summed E-state index contributed by atoms with van der Waals surface area (Å²) in [4.78, 5) is 41.5. The van der Waals surface area contributed by atoms with Crippen LogP contribution in [0.1, 0.15) is 70.4 Å². The van der Waals surface area contributed by atoms with Crippen LogP contribution >= 0.6 is 0 Å². The molecule has 5 aliphatic rings. The van der Waals surface area contributed by atoms with E-state index in [0.717, 1.165) is 73.1 Å². The Morgan fingerprint density at radius 2 is 1.56 bits per heavy atom. The number of anilines is 1. The molecule has 2 unspecified atom stereocenters. The van der Waals surface area contributed by atoms with E-state index >= 15 is 0 Å². The fourth-order valence-corrected chi connectivity index (χ4v) is 8.61. The summed E-state index contributed by atoms with van der Waals surface area (Å²) >= 11 is 0. The minimum atomic E-state index is -4.46. The van der Waals surface area contributed by atoms with E-state index in [4.69, 9.17) is 4.74 Å². The van der Waals surface area contributed by atoms with Crippen molar-refractivity contribution in [2.24, 2.45) is 17.3 Å². The average Bonchev–Trinajstić information content (AvgIpc) is 3.32. The second kappa shape index (κ2) is 9.69. The number of esters is 1. The van der Waals surface area contributed by atoms with Gasteiger partial charge in [0.15, 0.2) is 0 Å². The normalized spacial score (nSPS) is 27.3. The summed E-state index contributed by atoms with van der Waals surface area (Å²) in [6.07, 6.45) is 0.929. The smallest absolute Gasteiger partial charge is 0.416 e. The molecular weight excluding hydrogens is 557 g/mol. The SMILES string of the molecule is COC(=O)C12C[C@H]3C[C@@H](C1)CC(N1Cc4ccc(-c5ccc(NC(=O)c6ccc(C(F)(F)F)cc6)cc5)cc4C1=O)(C3)C2. The highest BCUT2D eigenvalue weighted by atomic mass is 19.4. The Balaban J connectivity index is 1.07. The van der Waals surface area contributed by atoms with E-state index in [9.17, 15) is 27.6 Å². The fraction of sp³-hybridized carbons (Fsp3) is 0.382. The number of carbonyl (C=O) groups excluding carboxylic acids is 3. The van der Waals surface area contributed by atoms with Crippen LogP contribution in [0.25, 0.3) is 11.1 Å². The van der Waals surface area contributed by atoms with Gasteiger partial charge in [0.1, 0.15) is 0 Å². The van der Waals surface area contributed by atoms with Gasteiger partial charge in [0.05, 0.1) is 18.1 Å². The summed E-state index contributed by atoms with van der Waals surface area (Å²) in [6, 6.07) is 17.1. The van der Waals surface area contributed by atoms with E-state index in [1.807, 2.05) is 35.2 Å². The van der Waals surface area contributed by atoms with Crippen molar-refractivity contribution in [3.8, 4) is 11.1 Å². The summed E-state index contributed by atoms with van der Waals surface area (Å²) in [6.45, 7) is 0.542. The number of halogens is 3. The van der Waals surface area contributed by atoms with Crippen molar-refractivity contribution in [3.63, 3.8) is 0 Å². The molecule has 9 heteroatoms. The summed E-state index contributed by atoms with van der Waals surface area (Å²) in [7, 11) is 1.46. The summed E-state index contributed by atoms with van der Waals surface area (Å²) < 4.78 is 43.7. The highest BCUT2D eigenvalue weighted by Crippen LogP contribution is 2.64. The fourth-order valence-electron chi connectivity index (χ4n) is 8.61. The molecular formula is C34H31F3N2O4. The zero-order valence-corrected chi connectivity index (χ0v) is 23.7. The van der Waals surface area contributed by atoms with Crippen molar-refractivity contribution in [2.75, 3.05) is 12.4 Å². The van der Waals surface area contributed by atoms with Crippen molar-refractivity contribution in [1.82, 2.24) is 4.90 Å². The molecule has 222 valence electrons. The Labute approximate surface area is 247 Å². The lowest BCUT2D eigenvalue weighted by atomic mass is 9.46. The largest absolute Gasteiger partial charge is 0.469 e. The monoisotopic (exact) mass is 588 g/mol. The molecule has 0 saturated heterocycles. The molecule has 1 heterocycles. The number of rotatable bonds is 5. The van der Waals surface area contributed by atoms with E-state index in [0.29, 0.717) is 36.1 Å². The molecule has 6 nitrogen and oxygen atoms in total. The van der Waals surface area contributed by atoms with Crippen LogP contribution in [-0.2, 0) is 22.3 Å². The number of hydrogen-bond acceptors (Lipinski definition) is 4. The van der Waals surface area contributed by atoms with Gasteiger partial charge in [-0.3, -0.25) is 14.4 Å². The predicted octanol–water partition coefficient (Wildman–Crippen LogP) is 7.09. The quantitative estimate of drug-likeness (QED) is 0.323. The van der Waals surface area contributed by atoms with Crippen LogP contribution in [0.2, 0.25) is 0 Å². The Bertz CT molecular complexity index is 1620. The molecule has 3 aromatic rings. The minimum absolute atomic E-state index is 0.0132. The zero-order valence-electron chi connectivity index (χ0n) is 23.7. The lowest BCUT2D eigenvalue weighted by Crippen LogP contribution is -2.64. The van der Waals surface area contributed by atoms with E-state index in [1.54, 1.807) is 12.1 Å². The molecule has 4 bridgehead atoms. The molecule has 4 saturated carbocycles. The molecule has 3 aromatic carbocycles. The maximum atomic E-state index is 13.9. The van der Waals surface area contributed by atoms with Crippen LogP contribution in [0.4, 0.5) is 18.9 Å². The zero-order chi connectivity index (χ0) is 30.1. The van der Waals surface area contributed by atoms with Crippen molar-refractivity contribution >= 4 is 23.5 Å². The van der Waals surface area contributed by atoms with Gasteiger partial charge in [-0.05, 0) is 110 Å². The van der Waals surface area contributed by atoms with Gasteiger partial charge in [-0.2, -0.15) is 13.2 Å². The van der Waals surface area contributed by atoms with Crippen LogP contribution < -0.4 is 5.32 Å². The van der Waals surface area contributed by atoms with E-state index in [-0.39, 0.29) is 23.0 Å². The second-order valence-corrected chi connectivity index (χ2v) is 12.8. The molecule has 4 fully saturated rings. The van der Waals surface area contributed by atoms with Gasteiger partial charge in [-0.25, -0.2) is 0 Å². The molecule has 1 aliphatic heterocycles. The van der Waals surface area contributed by atoms with Crippen LogP contribution in [0.5, 0.6) is 0 Å². The van der Waals surface area contributed by atoms with Crippen LogP contribution in [0, 0.1) is 17.3 Å². The number of nitrogens with zero attached hydrogens (tertiary/aromatic N) is 1. The van der Waals surface area contributed by atoms with Crippen molar-refractivity contribution in [3.05, 3.63) is 89.0 Å². The topological polar surface area (TPSA) is 75.7 Å². The highest BCUT2D eigenvalue weighted by Gasteiger charge is 2.64. The average molecular weight is 589 g/mol. The Morgan fingerprint density at radius 1 is 0.907 bits per heavy atom. The van der Waals surface area contributed by atoms with Crippen LogP contribution in [0.15, 0.2) is 66.7 Å². The Hall–Kier alpha value is -4.14. The first-order chi connectivity index (χ1) is 20.5. The van der Waals surface area contributed by atoms with Crippen LogP contribution in [0.3, 0.4) is 0 Å². The summed E-state index contributed by atoms with van der Waals surface area (Å²) in [5.41, 5.74) is 2.40. The second-order valence-electron chi connectivity index (χ2n) is 12.8. The van der Waals surface area contributed by atoms with Crippen molar-refractivity contribution in [1.29, 1.82) is 0 Å². The number of benzene rings is 3. The molecule has 2 amide bonds. The van der Waals surface area contributed by atoms with Gasteiger partial charge < -0.3 is 15.0 Å². The molecule has 0 aromatic heterocycles. The minimum Gasteiger partial charge on any atom is -0.469 e. The number of methoxy groups -OCH3 is 1. The lowest BCUT2D eigenvalue weighted by molar-refractivity contribution is -0.179. The third-order valence-electron chi connectivity index (χ3n) is 10.1. The number of alkyl halides is 3. The van der Waals surface area contributed by atoms with E-state index in [1.165, 1.54) is 7.11 Å². The highest BCUT2D eigenvalue weighted by molar-refractivity contribution is 6.04. The van der Waals surface area contributed by atoms with Gasteiger partial charge in [-0.1, -0.05) is 24.3 Å². The number of amides is 2.